The lowest BCUT2D eigenvalue weighted by molar-refractivity contribution is 0.0998. The van der Waals surface area contributed by atoms with Gasteiger partial charge in [0, 0.05) is 17.1 Å². The first-order valence-corrected chi connectivity index (χ1v) is 8.79. The number of amides is 1. The van der Waals surface area contributed by atoms with Crippen molar-refractivity contribution in [3.63, 3.8) is 0 Å². The molecule has 1 aromatic heterocycles. The van der Waals surface area contributed by atoms with E-state index in [4.69, 9.17) is 28.5 Å². The summed E-state index contributed by atoms with van der Waals surface area (Å²) in [4.78, 5) is 17.2. The summed E-state index contributed by atoms with van der Waals surface area (Å²) in [6.07, 6.45) is 1.71. The molecular weight excluding hydrogens is 377 g/mol. The van der Waals surface area contributed by atoms with Gasteiger partial charge in [-0.25, -0.2) is 0 Å². The first kappa shape index (κ1) is 17.4. The molecule has 2 aromatic carbocycles. The fourth-order valence-electron chi connectivity index (χ4n) is 2.35. The van der Waals surface area contributed by atoms with Gasteiger partial charge in [0.15, 0.2) is 4.80 Å². The third-order valence-electron chi connectivity index (χ3n) is 3.47. The zero-order valence-corrected chi connectivity index (χ0v) is 15.2. The lowest BCUT2D eigenvalue weighted by atomic mass is 10.1. The van der Waals surface area contributed by atoms with Crippen LogP contribution in [0.15, 0.2) is 54.0 Å². The molecule has 0 spiro atoms. The van der Waals surface area contributed by atoms with Crippen molar-refractivity contribution in [1.82, 2.24) is 4.57 Å². The molecule has 0 aliphatic heterocycles. The topological polar surface area (TPSA) is 58.1 Å². The molecule has 3 rings (SSSR count). The number of hydrogen-bond acceptors (Lipinski definition) is 3. The van der Waals surface area contributed by atoms with E-state index in [0.717, 1.165) is 10.2 Å². The summed E-state index contributed by atoms with van der Waals surface area (Å²) < 4.78 is 2.67. The standard InChI is InChI=1S/C18H11Cl2N3OS/c1-2-7-23-16-14(20)8-13(19)9-15(16)25-18(23)22-17(24)12-5-3-11(10-21)4-6-12/h2-6,8-9H,1,7H2. The quantitative estimate of drug-likeness (QED) is 0.605. The molecule has 7 heteroatoms. The molecule has 3 aromatic rings. The van der Waals surface area contributed by atoms with E-state index in [9.17, 15) is 4.79 Å². The minimum Gasteiger partial charge on any atom is -0.311 e. The number of hydrogen-bond donors (Lipinski definition) is 0. The van der Waals surface area contributed by atoms with Crippen molar-refractivity contribution in [2.75, 3.05) is 0 Å². The number of aromatic nitrogens is 1. The Bertz CT molecular complexity index is 1090. The van der Waals surface area contributed by atoms with Gasteiger partial charge in [0.2, 0.25) is 0 Å². The summed E-state index contributed by atoms with van der Waals surface area (Å²) in [5, 5.41) is 9.85. The number of allylic oxidation sites excluding steroid dienone is 1. The Hall–Kier alpha value is -2.39. The Kier molecular flexibility index (Phi) is 5.05. The van der Waals surface area contributed by atoms with Crippen LogP contribution in [0.25, 0.3) is 10.2 Å². The molecule has 0 N–H and O–H groups in total. The summed E-state index contributed by atoms with van der Waals surface area (Å²) in [5.74, 6) is -0.393. The Balaban J connectivity index is 2.16. The van der Waals surface area contributed by atoms with Crippen molar-refractivity contribution in [3.05, 3.63) is 75.0 Å². The fraction of sp³-hybridized carbons (Fsp3) is 0.0556. The number of rotatable bonds is 3. The summed E-state index contributed by atoms with van der Waals surface area (Å²) in [6, 6.07) is 11.8. The van der Waals surface area contributed by atoms with Crippen LogP contribution in [0, 0.1) is 11.3 Å². The second-order valence-electron chi connectivity index (χ2n) is 5.12. The van der Waals surface area contributed by atoms with Crippen molar-refractivity contribution in [3.8, 4) is 6.07 Å². The molecule has 0 aliphatic carbocycles. The molecule has 1 heterocycles. The molecule has 0 atom stereocenters. The minimum absolute atomic E-state index is 0.393. The van der Waals surface area contributed by atoms with Crippen molar-refractivity contribution >= 4 is 50.7 Å². The maximum absolute atomic E-state index is 12.5. The predicted octanol–water partition coefficient (Wildman–Crippen LogP) is 4.81. The highest BCUT2D eigenvalue weighted by molar-refractivity contribution is 7.16. The van der Waals surface area contributed by atoms with E-state index in [1.54, 1.807) is 42.5 Å². The number of fused-ring (bicyclic) bond motifs is 1. The van der Waals surface area contributed by atoms with E-state index in [0.29, 0.717) is 32.5 Å². The molecule has 0 bridgehead atoms. The summed E-state index contributed by atoms with van der Waals surface area (Å²) >= 11 is 13.7. The average Bonchev–Trinajstić information content (AvgIpc) is 2.92. The molecule has 0 saturated carbocycles. The molecule has 0 aliphatic rings. The lowest BCUT2D eigenvalue weighted by Crippen LogP contribution is -2.16. The third-order valence-corrected chi connectivity index (χ3v) is 5.00. The molecule has 0 fully saturated rings. The smallest absolute Gasteiger partial charge is 0.279 e. The Labute approximate surface area is 157 Å². The Morgan fingerprint density at radius 3 is 2.68 bits per heavy atom. The Morgan fingerprint density at radius 1 is 1.32 bits per heavy atom. The normalized spacial score (nSPS) is 11.5. The molecule has 124 valence electrons. The van der Waals surface area contributed by atoms with Gasteiger partial charge in [-0.15, -0.1) is 6.58 Å². The van der Waals surface area contributed by atoms with Crippen LogP contribution in [-0.4, -0.2) is 10.5 Å². The number of thiazole rings is 1. The van der Waals surface area contributed by atoms with Crippen molar-refractivity contribution in [2.24, 2.45) is 4.99 Å². The van der Waals surface area contributed by atoms with Crippen LogP contribution in [0.2, 0.25) is 10.0 Å². The summed E-state index contributed by atoms with van der Waals surface area (Å²) in [7, 11) is 0. The number of carbonyl (C=O) groups is 1. The van der Waals surface area contributed by atoms with Crippen LogP contribution >= 0.6 is 34.5 Å². The first-order valence-electron chi connectivity index (χ1n) is 7.22. The van der Waals surface area contributed by atoms with E-state index < -0.39 is 5.91 Å². The van der Waals surface area contributed by atoms with Crippen LogP contribution in [0.1, 0.15) is 15.9 Å². The van der Waals surface area contributed by atoms with Gasteiger partial charge < -0.3 is 4.57 Å². The van der Waals surface area contributed by atoms with E-state index in [-0.39, 0.29) is 0 Å². The lowest BCUT2D eigenvalue weighted by Gasteiger charge is -2.03. The SMILES string of the molecule is C=CCn1c(=NC(=O)c2ccc(C#N)cc2)sc2cc(Cl)cc(Cl)c21. The van der Waals surface area contributed by atoms with Crippen LogP contribution in [0.3, 0.4) is 0 Å². The second kappa shape index (κ2) is 7.24. The van der Waals surface area contributed by atoms with Gasteiger partial charge in [-0.05, 0) is 36.4 Å². The predicted molar refractivity (Wildman–Crippen MR) is 101 cm³/mol. The zero-order valence-electron chi connectivity index (χ0n) is 12.9. The maximum Gasteiger partial charge on any atom is 0.279 e. The van der Waals surface area contributed by atoms with Crippen molar-refractivity contribution in [2.45, 2.75) is 6.54 Å². The first-order chi connectivity index (χ1) is 12.0. The van der Waals surface area contributed by atoms with Crippen LogP contribution in [-0.2, 0) is 6.54 Å². The summed E-state index contributed by atoms with van der Waals surface area (Å²) in [5.41, 5.74) is 1.66. The molecule has 0 unspecified atom stereocenters. The molecule has 1 amide bonds. The highest BCUT2D eigenvalue weighted by Gasteiger charge is 2.12. The summed E-state index contributed by atoms with van der Waals surface area (Å²) in [6.45, 7) is 4.20. The number of halogens is 2. The third kappa shape index (κ3) is 3.52. The van der Waals surface area contributed by atoms with Gasteiger partial charge in [-0.3, -0.25) is 4.79 Å². The van der Waals surface area contributed by atoms with Gasteiger partial charge in [0.1, 0.15) is 0 Å². The zero-order chi connectivity index (χ0) is 18.0. The largest absolute Gasteiger partial charge is 0.311 e. The molecule has 0 saturated heterocycles. The molecular formula is C18H11Cl2N3OS. The van der Waals surface area contributed by atoms with Gasteiger partial charge in [0.25, 0.3) is 5.91 Å². The number of nitrogens with zero attached hydrogens (tertiary/aromatic N) is 3. The maximum atomic E-state index is 12.5. The molecule has 0 radical (unpaired) electrons. The molecule has 25 heavy (non-hydrogen) atoms. The van der Waals surface area contributed by atoms with Gasteiger partial charge in [-0.1, -0.05) is 40.6 Å². The molecule has 4 nitrogen and oxygen atoms in total. The fourth-order valence-corrected chi connectivity index (χ4v) is 4.17. The van der Waals surface area contributed by atoms with E-state index in [1.165, 1.54) is 11.3 Å². The highest BCUT2D eigenvalue weighted by Crippen LogP contribution is 2.29. The van der Waals surface area contributed by atoms with Gasteiger partial charge in [-0.2, -0.15) is 10.3 Å². The van der Waals surface area contributed by atoms with Crippen molar-refractivity contribution < 1.29 is 4.79 Å². The monoisotopic (exact) mass is 387 g/mol. The van der Waals surface area contributed by atoms with E-state index in [2.05, 4.69) is 11.6 Å². The van der Waals surface area contributed by atoms with Crippen LogP contribution < -0.4 is 4.80 Å². The van der Waals surface area contributed by atoms with Crippen LogP contribution in [0.4, 0.5) is 0 Å². The minimum atomic E-state index is -0.393. The van der Waals surface area contributed by atoms with Gasteiger partial charge in [0.05, 0.1) is 26.9 Å². The highest BCUT2D eigenvalue weighted by atomic mass is 35.5. The second-order valence-corrected chi connectivity index (χ2v) is 6.98. The van der Waals surface area contributed by atoms with Crippen molar-refractivity contribution in [1.29, 1.82) is 5.26 Å². The van der Waals surface area contributed by atoms with E-state index >= 15 is 0 Å². The van der Waals surface area contributed by atoms with E-state index in [1.807, 2.05) is 10.6 Å². The Morgan fingerprint density at radius 2 is 2.04 bits per heavy atom. The number of nitriles is 1. The van der Waals surface area contributed by atoms with Crippen LogP contribution in [0.5, 0.6) is 0 Å². The number of benzene rings is 2. The average molecular weight is 388 g/mol. The van der Waals surface area contributed by atoms with Gasteiger partial charge >= 0.3 is 0 Å². The number of carbonyl (C=O) groups excluding carboxylic acids is 1.